The normalized spacial score (nSPS) is 14.6. The predicted molar refractivity (Wildman–Crippen MR) is 88.7 cm³/mol. The van der Waals surface area contributed by atoms with Gasteiger partial charge in [0, 0.05) is 12.5 Å². The number of hydrogen-bond acceptors (Lipinski definition) is 3. The fourth-order valence-electron chi connectivity index (χ4n) is 2.58. The van der Waals surface area contributed by atoms with Crippen molar-refractivity contribution in [2.45, 2.75) is 31.8 Å². The number of rotatable bonds is 6. The van der Waals surface area contributed by atoms with E-state index in [1.54, 1.807) is 7.11 Å². The highest BCUT2D eigenvalue weighted by Crippen LogP contribution is 2.21. The Morgan fingerprint density at radius 3 is 2.32 bits per heavy atom. The lowest BCUT2D eigenvalue weighted by atomic mass is 9.92. The second-order valence-corrected chi connectivity index (χ2v) is 5.75. The summed E-state index contributed by atoms with van der Waals surface area (Å²) in [5.74, 6) is 0.827. The fraction of sp³-hybridized carbons (Fsp3) is 0.316. The van der Waals surface area contributed by atoms with Crippen LogP contribution in [-0.4, -0.2) is 12.6 Å². The van der Waals surface area contributed by atoms with Crippen LogP contribution in [0.3, 0.4) is 0 Å². The second-order valence-electron chi connectivity index (χ2n) is 5.75. The summed E-state index contributed by atoms with van der Waals surface area (Å²) >= 11 is 0. The van der Waals surface area contributed by atoms with E-state index in [4.69, 9.17) is 4.74 Å². The topological polar surface area (TPSA) is 45.0 Å². The van der Waals surface area contributed by atoms with Gasteiger partial charge in [0.05, 0.1) is 13.2 Å². The molecule has 1 N–H and O–H groups in total. The number of nitrogens with one attached hydrogen (secondary N) is 1. The molecule has 0 saturated heterocycles. The minimum absolute atomic E-state index is 0.115. The minimum atomic E-state index is -0.621. The van der Waals surface area contributed by atoms with Gasteiger partial charge in [0.2, 0.25) is 0 Å². The van der Waals surface area contributed by atoms with E-state index >= 15 is 0 Å². The Morgan fingerprint density at radius 1 is 1.14 bits per heavy atom. The first-order valence-electron chi connectivity index (χ1n) is 7.43. The smallest absolute Gasteiger partial charge is 0.118 e. The first-order chi connectivity index (χ1) is 10.6. The molecular formula is C19H22N2O. The number of nitrogens with zero attached hydrogens (tertiary/aromatic N) is 1. The zero-order valence-corrected chi connectivity index (χ0v) is 13.3. The van der Waals surface area contributed by atoms with E-state index in [2.05, 4.69) is 30.4 Å². The highest BCUT2D eigenvalue weighted by atomic mass is 16.5. The van der Waals surface area contributed by atoms with Gasteiger partial charge in [0.15, 0.2) is 0 Å². The lowest BCUT2D eigenvalue weighted by Gasteiger charge is -2.28. The van der Waals surface area contributed by atoms with Crippen LogP contribution in [0.4, 0.5) is 0 Å². The summed E-state index contributed by atoms with van der Waals surface area (Å²) in [5.41, 5.74) is 1.67. The Morgan fingerprint density at radius 2 is 1.77 bits per heavy atom. The number of hydrogen-bond donors (Lipinski definition) is 1. The van der Waals surface area contributed by atoms with Gasteiger partial charge in [-0.15, -0.1) is 0 Å². The van der Waals surface area contributed by atoms with Crippen molar-refractivity contribution in [2.75, 3.05) is 7.11 Å². The first kappa shape index (κ1) is 16.1. The third-order valence-corrected chi connectivity index (χ3v) is 3.80. The van der Waals surface area contributed by atoms with Crippen LogP contribution in [0.2, 0.25) is 0 Å². The van der Waals surface area contributed by atoms with Crippen molar-refractivity contribution in [3.8, 4) is 11.8 Å². The van der Waals surface area contributed by atoms with E-state index in [0.717, 1.165) is 11.3 Å². The third kappa shape index (κ3) is 4.09. The molecule has 0 aliphatic rings. The zero-order valence-electron chi connectivity index (χ0n) is 13.3. The van der Waals surface area contributed by atoms with E-state index in [1.807, 2.05) is 49.4 Å². The summed E-state index contributed by atoms with van der Waals surface area (Å²) in [6, 6.07) is 20.6. The van der Waals surface area contributed by atoms with Gasteiger partial charge in [-0.2, -0.15) is 5.26 Å². The Hall–Kier alpha value is -2.31. The highest BCUT2D eigenvalue weighted by molar-refractivity contribution is 5.30. The van der Waals surface area contributed by atoms with Gasteiger partial charge in [-0.1, -0.05) is 42.5 Å². The molecule has 3 heteroatoms. The summed E-state index contributed by atoms with van der Waals surface area (Å²) in [5, 5.41) is 13.1. The molecular weight excluding hydrogens is 272 g/mol. The molecule has 0 amide bonds. The number of nitriles is 1. The van der Waals surface area contributed by atoms with Crippen molar-refractivity contribution < 1.29 is 4.74 Å². The predicted octanol–water partition coefficient (Wildman–Crippen LogP) is 3.87. The van der Waals surface area contributed by atoms with Gasteiger partial charge in [0.25, 0.3) is 0 Å². The second kappa shape index (κ2) is 7.11. The van der Waals surface area contributed by atoms with Crippen molar-refractivity contribution in [2.24, 2.45) is 0 Å². The van der Waals surface area contributed by atoms with Crippen LogP contribution < -0.4 is 10.1 Å². The van der Waals surface area contributed by atoms with Crippen molar-refractivity contribution in [3.63, 3.8) is 0 Å². The van der Waals surface area contributed by atoms with Crippen LogP contribution in [-0.2, 0) is 6.42 Å². The van der Waals surface area contributed by atoms with Gasteiger partial charge in [-0.25, -0.2) is 0 Å². The van der Waals surface area contributed by atoms with Crippen LogP contribution in [0.5, 0.6) is 5.75 Å². The molecule has 2 unspecified atom stereocenters. The van der Waals surface area contributed by atoms with E-state index < -0.39 is 5.54 Å². The van der Waals surface area contributed by atoms with Crippen LogP contribution in [0.1, 0.15) is 31.0 Å². The molecule has 0 bridgehead atoms. The Kier molecular flexibility index (Phi) is 5.19. The summed E-state index contributed by atoms with van der Waals surface area (Å²) in [4.78, 5) is 0. The standard InChI is InChI=1S/C19H22N2O/c1-15(17-7-5-4-6-8-17)21-19(2,14-20)13-16-9-11-18(22-3)12-10-16/h4-12,15,21H,13H2,1-3H3. The lowest BCUT2D eigenvalue weighted by Crippen LogP contribution is -2.44. The molecule has 2 aromatic rings. The largest absolute Gasteiger partial charge is 0.497 e. The summed E-state index contributed by atoms with van der Waals surface area (Å²) in [6.07, 6.45) is 0.644. The Bertz CT molecular complexity index is 631. The molecule has 0 fully saturated rings. The molecule has 0 aliphatic heterocycles. The summed E-state index contributed by atoms with van der Waals surface area (Å²) in [6.45, 7) is 4.02. The Balaban J connectivity index is 2.09. The Labute approximate surface area is 132 Å². The van der Waals surface area contributed by atoms with Crippen molar-refractivity contribution in [3.05, 3.63) is 65.7 Å². The maximum atomic E-state index is 9.61. The molecule has 0 spiro atoms. The number of ether oxygens (including phenoxy) is 1. The third-order valence-electron chi connectivity index (χ3n) is 3.80. The molecule has 0 aromatic heterocycles. The van der Waals surface area contributed by atoms with Gasteiger partial charge >= 0.3 is 0 Å². The maximum Gasteiger partial charge on any atom is 0.118 e. The first-order valence-corrected chi connectivity index (χ1v) is 7.43. The maximum absolute atomic E-state index is 9.61. The molecule has 2 atom stereocenters. The SMILES string of the molecule is COc1ccc(CC(C)(C#N)NC(C)c2ccccc2)cc1. The van der Waals surface area contributed by atoms with Crippen LogP contribution in [0, 0.1) is 11.3 Å². The van der Waals surface area contributed by atoms with Gasteiger partial charge in [-0.3, -0.25) is 5.32 Å². The molecule has 3 nitrogen and oxygen atoms in total. The van der Waals surface area contributed by atoms with Crippen molar-refractivity contribution in [1.82, 2.24) is 5.32 Å². The highest BCUT2D eigenvalue weighted by Gasteiger charge is 2.26. The molecule has 0 aliphatic carbocycles. The molecule has 0 saturated carbocycles. The number of benzene rings is 2. The lowest BCUT2D eigenvalue weighted by molar-refractivity contribution is 0.394. The number of methoxy groups -OCH3 is 1. The average molecular weight is 294 g/mol. The van der Waals surface area contributed by atoms with Gasteiger partial charge in [-0.05, 0) is 37.1 Å². The molecule has 0 radical (unpaired) electrons. The fourth-order valence-corrected chi connectivity index (χ4v) is 2.58. The summed E-state index contributed by atoms with van der Waals surface area (Å²) < 4.78 is 5.17. The van der Waals surface area contributed by atoms with E-state index in [0.29, 0.717) is 6.42 Å². The minimum Gasteiger partial charge on any atom is -0.497 e. The molecule has 0 heterocycles. The van der Waals surface area contributed by atoms with Crippen LogP contribution >= 0.6 is 0 Å². The molecule has 114 valence electrons. The van der Waals surface area contributed by atoms with Crippen LogP contribution in [0.15, 0.2) is 54.6 Å². The van der Waals surface area contributed by atoms with E-state index in [9.17, 15) is 5.26 Å². The zero-order chi connectivity index (χ0) is 16.0. The average Bonchev–Trinajstić information content (AvgIpc) is 2.56. The van der Waals surface area contributed by atoms with Crippen molar-refractivity contribution in [1.29, 1.82) is 5.26 Å². The van der Waals surface area contributed by atoms with Crippen LogP contribution in [0.25, 0.3) is 0 Å². The van der Waals surface area contributed by atoms with Gasteiger partial charge < -0.3 is 4.74 Å². The van der Waals surface area contributed by atoms with Crippen molar-refractivity contribution >= 4 is 0 Å². The van der Waals surface area contributed by atoms with Gasteiger partial charge in [0.1, 0.15) is 11.3 Å². The molecule has 22 heavy (non-hydrogen) atoms. The molecule has 2 rings (SSSR count). The summed E-state index contributed by atoms with van der Waals surface area (Å²) in [7, 11) is 1.65. The molecule has 2 aromatic carbocycles. The monoisotopic (exact) mass is 294 g/mol. The quantitative estimate of drug-likeness (QED) is 0.879. The van der Waals surface area contributed by atoms with E-state index in [1.165, 1.54) is 5.56 Å². The van der Waals surface area contributed by atoms with E-state index in [-0.39, 0.29) is 6.04 Å².